The van der Waals surface area contributed by atoms with Crippen LogP contribution in [0, 0.1) is 0 Å². The van der Waals surface area contributed by atoms with Gasteiger partial charge in [0.15, 0.2) is 0 Å². The van der Waals surface area contributed by atoms with Crippen molar-refractivity contribution in [1.82, 2.24) is 14.1 Å². The summed E-state index contributed by atoms with van der Waals surface area (Å²) in [5.41, 5.74) is 1.03. The molecule has 1 N–H and O–H groups in total. The lowest BCUT2D eigenvalue weighted by Crippen LogP contribution is -2.39. The highest BCUT2D eigenvalue weighted by molar-refractivity contribution is 7.89. The smallest absolute Gasteiger partial charge is 0.295 e. The molecule has 2 saturated heterocycles. The molecule has 4 rings (SSSR count). The molecule has 1 amide bonds. The number of ketones is 1. The van der Waals surface area contributed by atoms with E-state index in [0.717, 1.165) is 35.8 Å². The van der Waals surface area contributed by atoms with Gasteiger partial charge in [0.1, 0.15) is 5.76 Å². The quantitative estimate of drug-likeness (QED) is 0.359. The molecule has 8 nitrogen and oxygen atoms in total. The van der Waals surface area contributed by atoms with E-state index < -0.39 is 27.8 Å². The van der Waals surface area contributed by atoms with Crippen molar-refractivity contribution >= 4 is 27.5 Å². The highest BCUT2D eigenvalue weighted by atomic mass is 32.2. The van der Waals surface area contributed by atoms with Gasteiger partial charge in [0.2, 0.25) is 10.0 Å². The lowest BCUT2D eigenvalue weighted by Gasteiger charge is -2.31. The van der Waals surface area contributed by atoms with Gasteiger partial charge in [0.25, 0.3) is 11.7 Å². The first-order valence-corrected chi connectivity index (χ1v) is 13.2. The van der Waals surface area contributed by atoms with Gasteiger partial charge in [-0.05, 0) is 55.8 Å². The zero-order valence-corrected chi connectivity index (χ0v) is 20.9. The van der Waals surface area contributed by atoms with Gasteiger partial charge in [-0.25, -0.2) is 12.7 Å². The second-order valence-electron chi connectivity index (χ2n) is 9.12. The minimum atomic E-state index is -3.64. The lowest BCUT2D eigenvalue weighted by atomic mass is 9.95. The Kier molecular flexibility index (Phi) is 7.39. The van der Waals surface area contributed by atoms with Crippen molar-refractivity contribution in [3.05, 3.63) is 71.3 Å². The number of carbonyl (C=O) groups is 2. The summed E-state index contributed by atoms with van der Waals surface area (Å²) < 4.78 is 25.9. The molecule has 0 spiro atoms. The van der Waals surface area contributed by atoms with E-state index in [0.29, 0.717) is 13.1 Å². The Balaban J connectivity index is 1.71. The number of sulfonamides is 1. The molecule has 2 fully saturated rings. The number of aliphatic hydroxyl groups is 1. The Morgan fingerprint density at radius 1 is 0.943 bits per heavy atom. The van der Waals surface area contributed by atoms with Crippen LogP contribution < -0.4 is 0 Å². The van der Waals surface area contributed by atoms with Crippen LogP contribution >= 0.6 is 0 Å². The van der Waals surface area contributed by atoms with Gasteiger partial charge in [-0.3, -0.25) is 9.59 Å². The topological polar surface area (TPSA) is 98.2 Å². The van der Waals surface area contributed by atoms with Gasteiger partial charge in [-0.2, -0.15) is 0 Å². The van der Waals surface area contributed by atoms with Crippen LogP contribution in [0.5, 0.6) is 0 Å². The first-order chi connectivity index (χ1) is 16.7. The van der Waals surface area contributed by atoms with Crippen LogP contribution in [-0.4, -0.2) is 79.6 Å². The molecule has 2 aliphatic heterocycles. The number of rotatable bonds is 7. The molecule has 2 aromatic carbocycles. The zero-order valence-electron chi connectivity index (χ0n) is 20.1. The van der Waals surface area contributed by atoms with Crippen molar-refractivity contribution in [2.24, 2.45) is 0 Å². The Bertz CT molecular complexity index is 1220. The number of nitrogens with zero attached hydrogens (tertiary/aromatic N) is 3. The maximum atomic E-state index is 13.2. The molecule has 0 aliphatic carbocycles. The Hall–Kier alpha value is -3.01. The first-order valence-electron chi connectivity index (χ1n) is 11.8. The van der Waals surface area contributed by atoms with Gasteiger partial charge in [-0.15, -0.1) is 0 Å². The van der Waals surface area contributed by atoms with Crippen LogP contribution in [0.3, 0.4) is 0 Å². The number of carbonyl (C=O) groups excluding carboxylic acids is 2. The van der Waals surface area contributed by atoms with Gasteiger partial charge in [0, 0.05) is 32.7 Å². The van der Waals surface area contributed by atoms with E-state index >= 15 is 0 Å². The van der Waals surface area contributed by atoms with Gasteiger partial charge >= 0.3 is 0 Å². The van der Waals surface area contributed by atoms with E-state index in [-0.39, 0.29) is 21.8 Å². The van der Waals surface area contributed by atoms with Gasteiger partial charge in [0.05, 0.1) is 16.5 Å². The average Bonchev–Trinajstić information content (AvgIpc) is 3.13. The highest BCUT2D eigenvalue weighted by Crippen LogP contribution is 2.39. The summed E-state index contributed by atoms with van der Waals surface area (Å²) in [6.45, 7) is 2.98. The number of hydrogen-bond acceptors (Lipinski definition) is 6. The maximum absolute atomic E-state index is 13.2. The normalized spacial score (nSPS) is 21.1. The summed E-state index contributed by atoms with van der Waals surface area (Å²) >= 11 is 0. The summed E-state index contributed by atoms with van der Waals surface area (Å²) in [4.78, 5) is 30.2. The fourth-order valence-electron chi connectivity index (χ4n) is 4.68. The number of aliphatic hydroxyl groups excluding tert-OH is 1. The Morgan fingerprint density at radius 2 is 1.57 bits per heavy atom. The molecular weight excluding hydrogens is 466 g/mol. The number of benzene rings is 2. The van der Waals surface area contributed by atoms with Crippen molar-refractivity contribution in [3.8, 4) is 0 Å². The molecule has 0 radical (unpaired) electrons. The van der Waals surface area contributed by atoms with E-state index in [4.69, 9.17) is 0 Å². The van der Waals surface area contributed by atoms with E-state index in [1.807, 2.05) is 30.3 Å². The molecule has 2 aliphatic rings. The monoisotopic (exact) mass is 497 g/mol. The second-order valence-corrected chi connectivity index (χ2v) is 11.3. The Labute approximate surface area is 206 Å². The number of likely N-dealkylation sites (tertiary alicyclic amines) is 2. The van der Waals surface area contributed by atoms with E-state index in [1.165, 1.54) is 44.8 Å². The van der Waals surface area contributed by atoms with Crippen LogP contribution in [0.2, 0.25) is 0 Å². The van der Waals surface area contributed by atoms with Crippen LogP contribution in [-0.2, 0) is 19.6 Å². The van der Waals surface area contributed by atoms with Crippen LogP contribution in [0.15, 0.2) is 65.1 Å². The molecular formula is C26H31N3O5S. The minimum absolute atomic E-state index is 0.0167. The average molecular weight is 498 g/mol. The molecule has 0 saturated carbocycles. The van der Waals surface area contributed by atoms with Crippen molar-refractivity contribution in [2.45, 2.75) is 30.2 Å². The van der Waals surface area contributed by atoms with Crippen molar-refractivity contribution < 1.29 is 23.1 Å². The predicted molar refractivity (Wildman–Crippen MR) is 133 cm³/mol. The van der Waals surface area contributed by atoms with Crippen molar-refractivity contribution in [1.29, 1.82) is 0 Å². The molecule has 2 heterocycles. The highest BCUT2D eigenvalue weighted by Gasteiger charge is 2.46. The van der Waals surface area contributed by atoms with Gasteiger partial charge in [-0.1, -0.05) is 36.8 Å². The van der Waals surface area contributed by atoms with Crippen molar-refractivity contribution in [2.75, 3.05) is 40.3 Å². The maximum Gasteiger partial charge on any atom is 0.295 e. The molecule has 9 heteroatoms. The molecule has 35 heavy (non-hydrogen) atoms. The lowest BCUT2D eigenvalue weighted by molar-refractivity contribution is -0.140. The van der Waals surface area contributed by atoms with E-state index in [9.17, 15) is 23.1 Å². The fraction of sp³-hybridized carbons (Fsp3) is 0.385. The van der Waals surface area contributed by atoms with Crippen molar-refractivity contribution in [3.63, 3.8) is 0 Å². The number of piperidine rings is 1. The van der Waals surface area contributed by atoms with Crippen LogP contribution in [0.1, 0.15) is 36.4 Å². The number of amides is 1. The molecule has 0 aromatic heterocycles. The largest absolute Gasteiger partial charge is 0.507 e. The van der Waals surface area contributed by atoms with Gasteiger partial charge < -0.3 is 14.9 Å². The summed E-state index contributed by atoms with van der Waals surface area (Å²) in [6.07, 6.45) is 3.46. The zero-order chi connectivity index (χ0) is 25.2. The summed E-state index contributed by atoms with van der Waals surface area (Å²) in [5, 5.41) is 11.2. The molecule has 1 atom stereocenters. The molecule has 0 bridgehead atoms. The fourth-order valence-corrected chi connectivity index (χ4v) is 5.58. The Morgan fingerprint density at radius 3 is 2.17 bits per heavy atom. The van der Waals surface area contributed by atoms with E-state index in [2.05, 4.69) is 4.90 Å². The van der Waals surface area contributed by atoms with E-state index in [1.54, 1.807) is 4.90 Å². The standard InChI is InChI=1S/C26H31N3O5S/c1-27(2)35(33,34)21-13-11-20(12-14-21)24(30)22-23(19-9-5-3-6-10-19)29(26(32)25(22)31)18-17-28-15-7-4-8-16-28/h3,5-6,9-14,23,30H,4,7-8,15-18H2,1-2H3/b24-22-. The summed E-state index contributed by atoms with van der Waals surface area (Å²) in [5.74, 6) is -1.68. The third-order valence-electron chi connectivity index (χ3n) is 6.67. The summed E-state index contributed by atoms with van der Waals surface area (Å²) in [7, 11) is -0.759. The third-order valence-corrected chi connectivity index (χ3v) is 8.50. The summed E-state index contributed by atoms with van der Waals surface area (Å²) in [6, 6.07) is 14.2. The SMILES string of the molecule is CN(C)S(=O)(=O)c1ccc(/C(O)=C2/C(=O)C(=O)N(CCN3CCCCC3)C2c2ccccc2)cc1. The molecule has 1 unspecified atom stereocenters. The molecule has 2 aromatic rings. The number of Topliss-reactive ketones (excluding diaryl/α,β-unsaturated/α-hetero) is 1. The first kappa shape index (κ1) is 25.1. The second kappa shape index (κ2) is 10.3. The van der Waals surface area contributed by atoms with Crippen LogP contribution in [0.25, 0.3) is 5.76 Å². The molecule has 186 valence electrons. The minimum Gasteiger partial charge on any atom is -0.507 e. The third kappa shape index (κ3) is 5.03. The predicted octanol–water partition coefficient (Wildman–Crippen LogP) is 2.84. The number of hydrogen-bond donors (Lipinski definition) is 1. The van der Waals surface area contributed by atoms with Crippen LogP contribution in [0.4, 0.5) is 0 Å².